The number of aryl methyl sites for hydroxylation is 2. The van der Waals surface area contributed by atoms with Crippen LogP contribution in [0.4, 0.5) is 0 Å². The third-order valence-corrected chi connectivity index (χ3v) is 5.09. The van der Waals surface area contributed by atoms with E-state index in [1.54, 1.807) is 12.1 Å². The number of nitrogens with one attached hydrogen (secondary N) is 1. The first kappa shape index (κ1) is 19.6. The molecule has 1 N–H and O–H groups in total. The molecule has 0 unspecified atom stereocenters. The molecule has 2 amide bonds. The molecule has 154 valence electrons. The van der Waals surface area contributed by atoms with Crippen molar-refractivity contribution in [2.45, 2.75) is 40.2 Å². The Labute approximate surface area is 172 Å². The Morgan fingerprint density at radius 3 is 2.43 bits per heavy atom. The van der Waals surface area contributed by atoms with Crippen molar-refractivity contribution in [2.75, 3.05) is 0 Å². The van der Waals surface area contributed by atoms with Crippen LogP contribution in [-0.2, 0) is 11.4 Å². The van der Waals surface area contributed by atoms with E-state index < -0.39 is 17.8 Å². The molecule has 3 aromatic rings. The summed E-state index contributed by atoms with van der Waals surface area (Å²) in [6, 6.07) is 7.84. The maximum absolute atomic E-state index is 12.5. The second kappa shape index (κ2) is 7.58. The lowest BCUT2D eigenvalue weighted by Crippen LogP contribution is -2.32. The van der Waals surface area contributed by atoms with Crippen molar-refractivity contribution >= 4 is 17.8 Å². The molecular formula is C21H21N5O4. The lowest BCUT2D eigenvalue weighted by atomic mass is 10.1. The maximum Gasteiger partial charge on any atom is 0.381 e. The van der Waals surface area contributed by atoms with Gasteiger partial charge < -0.3 is 4.84 Å². The highest BCUT2D eigenvalue weighted by molar-refractivity contribution is 6.21. The van der Waals surface area contributed by atoms with Gasteiger partial charge in [-0.2, -0.15) is 10.2 Å². The minimum Gasteiger partial charge on any atom is -0.323 e. The molecule has 9 heteroatoms. The lowest BCUT2D eigenvalue weighted by Gasteiger charge is -2.11. The van der Waals surface area contributed by atoms with Crippen LogP contribution in [0.1, 0.15) is 62.4 Å². The van der Waals surface area contributed by atoms with Gasteiger partial charge in [-0.15, -0.1) is 0 Å². The zero-order valence-corrected chi connectivity index (χ0v) is 16.9. The summed E-state index contributed by atoms with van der Waals surface area (Å²) < 4.78 is 1.93. The number of aromatic amines is 1. The van der Waals surface area contributed by atoms with Gasteiger partial charge in [0.2, 0.25) is 0 Å². The lowest BCUT2D eigenvalue weighted by molar-refractivity contribution is -0.0588. The van der Waals surface area contributed by atoms with E-state index in [0.717, 1.165) is 36.3 Å². The summed E-state index contributed by atoms with van der Waals surface area (Å²) in [5.74, 6) is -2.22. The fraction of sp³-hybridized carbons (Fsp3) is 0.286. The van der Waals surface area contributed by atoms with Gasteiger partial charge in [-0.25, -0.2) is 4.79 Å². The van der Waals surface area contributed by atoms with Gasteiger partial charge in [0, 0.05) is 17.8 Å². The van der Waals surface area contributed by atoms with Crippen LogP contribution in [0.5, 0.6) is 0 Å². The predicted octanol–water partition coefficient (Wildman–Crippen LogP) is 3.06. The van der Waals surface area contributed by atoms with Crippen molar-refractivity contribution in [3.05, 3.63) is 58.5 Å². The van der Waals surface area contributed by atoms with Crippen LogP contribution in [0.15, 0.2) is 30.3 Å². The van der Waals surface area contributed by atoms with Crippen LogP contribution in [0.2, 0.25) is 0 Å². The van der Waals surface area contributed by atoms with Gasteiger partial charge in [0.25, 0.3) is 11.8 Å². The number of hydroxylamine groups is 2. The first-order valence-corrected chi connectivity index (χ1v) is 9.72. The average Bonchev–Trinajstić information content (AvgIpc) is 3.39. The molecule has 0 fully saturated rings. The quantitative estimate of drug-likeness (QED) is 0.629. The monoisotopic (exact) mass is 407 g/mol. The second-order valence-corrected chi connectivity index (χ2v) is 7.12. The van der Waals surface area contributed by atoms with E-state index in [4.69, 9.17) is 4.84 Å². The smallest absolute Gasteiger partial charge is 0.323 e. The Kier molecular flexibility index (Phi) is 4.94. The summed E-state index contributed by atoms with van der Waals surface area (Å²) in [4.78, 5) is 42.4. The summed E-state index contributed by atoms with van der Waals surface area (Å²) >= 11 is 0. The third kappa shape index (κ3) is 3.18. The van der Waals surface area contributed by atoms with Crippen LogP contribution >= 0.6 is 0 Å². The van der Waals surface area contributed by atoms with E-state index in [2.05, 4.69) is 22.2 Å². The first-order valence-electron chi connectivity index (χ1n) is 9.72. The number of hydrogen-bond acceptors (Lipinski definition) is 6. The Morgan fingerprint density at radius 1 is 1.13 bits per heavy atom. The van der Waals surface area contributed by atoms with Gasteiger partial charge in [0.15, 0.2) is 0 Å². The van der Waals surface area contributed by atoms with Gasteiger partial charge in [-0.3, -0.25) is 19.4 Å². The number of carbonyl (C=O) groups excluding carboxylic acids is 3. The molecule has 0 atom stereocenters. The van der Waals surface area contributed by atoms with Gasteiger partial charge in [-0.1, -0.05) is 30.5 Å². The molecule has 1 aliphatic heterocycles. The Bertz CT molecular complexity index is 1130. The predicted molar refractivity (Wildman–Crippen MR) is 107 cm³/mol. The minimum atomic E-state index is -0.878. The fourth-order valence-electron chi connectivity index (χ4n) is 3.53. The van der Waals surface area contributed by atoms with Gasteiger partial charge in [0.05, 0.1) is 22.5 Å². The third-order valence-electron chi connectivity index (χ3n) is 5.09. The topological polar surface area (TPSA) is 110 Å². The summed E-state index contributed by atoms with van der Waals surface area (Å²) in [5.41, 5.74) is 3.56. The molecular weight excluding hydrogens is 386 g/mol. The summed E-state index contributed by atoms with van der Waals surface area (Å²) in [5, 5.41) is 11.9. The number of amides is 2. The number of hydrogen-bond donors (Lipinski definition) is 1. The number of unbranched alkanes of at least 4 members (excludes halogenated alkanes) is 1. The molecule has 2 aromatic heterocycles. The van der Waals surface area contributed by atoms with Crippen molar-refractivity contribution in [3.8, 4) is 11.3 Å². The minimum absolute atomic E-state index is 0.0293. The molecule has 0 saturated carbocycles. The normalized spacial score (nSPS) is 13.1. The van der Waals surface area contributed by atoms with E-state index in [0.29, 0.717) is 10.8 Å². The first-order chi connectivity index (χ1) is 14.4. The summed E-state index contributed by atoms with van der Waals surface area (Å²) in [6.07, 6.45) is 2.07. The van der Waals surface area contributed by atoms with Crippen molar-refractivity contribution in [3.63, 3.8) is 0 Å². The highest BCUT2D eigenvalue weighted by Gasteiger charge is 2.39. The van der Waals surface area contributed by atoms with Crippen molar-refractivity contribution in [1.29, 1.82) is 0 Å². The number of aromatic nitrogens is 4. The van der Waals surface area contributed by atoms with Gasteiger partial charge in [-0.05, 0) is 38.5 Å². The van der Waals surface area contributed by atoms with Crippen LogP contribution in [0, 0.1) is 13.8 Å². The number of benzene rings is 1. The number of carbonyl (C=O) groups is 3. The largest absolute Gasteiger partial charge is 0.381 e. The molecule has 9 nitrogen and oxygen atoms in total. The Morgan fingerprint density at radius 2 is 1.80 bits per heavy atom. The maximum atomic E-state index is 12.5. The molecule has 0 aliphatic carbocycles. The highest BCUT2D eigenvalue weighted by Crippen LogP contribution is 2.27. The summed E-state index contributed by atoms with van der Waals surface area (Å²) in [6.45, 7) is 6.77. The fourth-order valence-corrected chi connectivity index (χ4v) is 3.53. The number of fused-ring (bicyclic) bond motifs is 1. The molecule has 0 radical (unpaired) electrons. The van der Waals surface area contributed by atoms with Crippen LogP contribution < -0.4 is 0 Å². The molecule has 3 heterocycles. The number of rotatable bonds is 6. The SMILES string of the molecule is CCCCn1nc(C)c(-c2cc(C(=O)ON3C(=O)c4ccccc4C3=O)[nH]n2)c1C. The van der Waals surface area contributed by atoms with E-state index in [9.17, 15) is 14.4 Å². The zero-order valence-electron chi connectivity index (χ0n) is 16.9. The number of H-pyrrole nitrogens is 1. The van der Waals surface area contributed by atoms with Crippen LogP contribution in [0.25, 0.3) is 11.3 Å². The molecule has 1 aliphatic rings. The molecule has 4 rings (SSSR count). The van der Waals surface area contributed by atoms with E-state index in [1.165, 1.54) is 18.2 Å². The number of nitrogens with zero attached hydrogens (tertiary/aromatic N) is 4. The summed E-state index contributed by atoms with van der Waals surface area (Å²) in [7, 11) is 0. The average molecular weight is 407 g/mol. The van der Waals surface area contributed by atoms with Crippen molar-refractivity contribution in [1.82, 2.24) is 25.0 Å². The van der Waals surface area contributed by atoms with E-state index >= 15 is 0 Å². The van der Waals surface area contributed by atoms with Crippen LogP contribution in [0.3, 0.4) is 0 Å². The zero-order chi connectivity index (χ0) is 21.4. The second-order valence-electron chi connectivity index (χ2n) is 7.12. The molecule has 0 bridgehead atoms. The molecule has 0 saturated heterocycles. The standard InChI is InChI=1S/C21H21N5O4/c1-4-5-10-25-13(3)18(12(2)24-25)16-11-17(23-22-16)21(29)30-26-19(27)14-8-6-7-9-15(14)20(26)28/h6-9,11H,4-5,10H2,1-3H3,(H,22,23). The number of imide groups is 1. The van der Waals surface area contributed by atoms with E-state index in [1.807, 2.05) is 18.5 Å². The van der Waals surface area contributed by atoms with Crippen molar-refractivity contribution in [2.24, 2.45) is 0 Å². The molecule has 1 aromatic carbocycles. The molecule has 0 spiro atoms. The Balaban J connectivity index is 1.54. The van der Waals surface area contributed by atoms with Gasteiger partial charge >= 0.3 is 5.97 Å². The highest BCUT2D eigenvalue weighted by atomic mass is 16.7. The van der Waals surface area contributed by atoms with Crippen molar-refractivity contribution < 1.29 is 19.2 Å². The van der Waals surface area contributed by atoms with Gasteiger partial charge in [0.1, 0.15) is 5.69 Å². The van der Waals surface area contributed by atoms with E-state index in [-0.39, 0.29) is 16.8 Å². The Hall–Kier alpha value is -3.75. The molecule has 30 heavy (non-hydrogen) atoms. The van der Waals surface area contributed by atoms with Crippen LogP contribution in [-0.4, -0.2) is 42.8 Å².